The van der Waals surface area contributed by atoms with E-state index in [2.05, 4.69) is 16.4 Å². The minimum absolute atomic E-state index is 0.147. The fraction of sp³-hybridized carbons (Fsp3) is 0.611. The minimum Gasteiger partial charge on any atom is -0.493 e. The predicted molar refractivity (Wildman–Crippen MR) is 91.5 cm³/mol. The number of ether oxygens (including phenoxy) is 1. The third-order valence-corrected chi connectivity index (χ3v) is 5.17. The third-order valence-electron chi connectivity index (χ3n) is 5.17. The molecule has 0 amide bonds. The molecular formula is C18H27N3O2. The van der Waals surface area contributed by atoms with E-state index in [0.717, 1.165) is 37.0 Å². The monoisotopic (exact) mass is 317 g/mol. The van der Waals surface area contributed by atoms with E-state index in [1.165, 1.54) is 12.8 Å². The molecule has 4 N–H and O–H groups in total. The molecule has 2 aliphatic rings. The van der Waals surface area contributed by atoms with Crippen LogP contribution < -0.4 is 15.8 Å². The Morgan fingerprint density at radius 2 is 2.13 bits per heavy atom. The number of fused-ring (bicyclic) bond motifs is 1. The molecule has 5 nitrogen and oxygen atoms in total. The summed E-state index contributed by atoms with van der Waals surface area (Å²) < 4.78 is 5.68. The third kappa shape index (κ3) is 3.78. The largest absolute Gasteiger partial charge is 0.493 e. The van der Waals surface area contributed by atoms with Crippen molar-refractivity contribution in [3.63, 3.8) is 0 Å². The van der Waals surface area contributed by atoms with Crippen LogP contribution in [0.3, 0.4) is 0 Å². The van der Waals surface area contributed by atoms with Gasteiger partial charge in [0.2, 0.25) is 0 Å². The molecule has 0 bridgehead atoms. The number of guanidine groups is 1. The maximum Gasteiger partial charge on any atom is 0.189 e. The van der Waals surface area contributed by atoms with Gasteiger partial charge < -0.3 is 20.9 Å². The van der Waals surface area contributed by atoms with Gasteiger partial charge in [-0.3, -0.25) is 4.99 Å². The second-order valence-corrected chi connectivity index (χ2v) is 6.75. The van der Waals surface area contributed by atoms with Crippen molar-refractivity contribution in [2.45, 2.75) is 44.6 Å². The molecule has 0 saturated heterocycles. The molecule has 1 atom stereocenters. The quantitative estimate of drug-likeness (QED) is 0.575. The molecular weight excluding hydrogens is 290 g/mol. The zero-order chi connectivity index (χ0) is 16.1. The molecule has 1 aromatic rings. The zero-order valence-electron chi connectivity index (χ0n) is 13.6. The second-order valence-electron chi connectivity index (χ2n) is 6.75. The van der Waals surface area contributed by atoms with Gasteiger partial charge in [-0.15, -0.1) is 0 Å². The van der Waals surface area contributed by atoms with Crippen molar-refractivity contribution in [1.29, 1.82) is 0 Å². The number of aliphatic hydroxyl groups excluding tert-OH is 1. The highest BCUT2D eigenvalue weighted by molar-refractivity contribution is 5.78. The van der Waals surface area contributed by atoms with E-state index in [9.17, 15) is 5.11 Å². The Balaban J connectivity index is 1.64. The van der Waals surface area contributed by atoms with Gasteiger partial charge in [0.25, 0.3) is 0 Å². The van der Waals surface area contributed by atoms with Gasteiger partial charge in [-0.05, 0) is 30.7 Å². The van der Waals surface area contributed by atoms with Crippen molar-refractivity contribution in [1.82, 2.24) is 5.32 Å². The lowest BCUT2D eigenvalue weighted by Crippen LogP contribution is -2.38. The number of aliphatic hydroxyl groups is 1. The molecule has 23 heavy (non-hydrogen) atoms. The summed E-state index contributed by atoms with van der Waals surface area (Å²) in [4.78, 5) is 4.60. The van der Waals surface area contributed by atoms with Crippen molar-refractivity contribution in [3.05, 3.63) is 29.8 Å². The minimum atomic E-state index is 0.147. The predicted octanol–water partition coefficient (Wildman–Crippen LogP) is 2.36. The van der Waals surface area contributed by atoms with Crippen molar-refractivity contribution < 1.29 is 9.84 Å². The normalized spacial score (nSPS) is 23.2. The SMILES string of the molecule is NC(=NCC1(CCO)CCCC1)NC1CCOc2ccccc21. The summed E-state index contributed by atoms with van der Waals surface area (Å²) in [5, 5.41) is 12.7. The molecule has 1 saturated carbocycles. The summed E-state index contributed by atoms with van der Waals surface area (Å²) in [5.41, 5.74) is 7.42. The van der Waals surface area contributed by atoms with Crippen LogP contribution in [0.1, 0.15) is 50.1 Å². The topological polar surface area (TPSA) is 79.9 Å². The number of hydrogen-bond donors (Lipinski definition) is 3. The van der Waals surface area contributed by atoms with Gasteiger partial charge in [0.05, 0.1) is 12.6 Å². The van der Waals surface area contributed by atoms with Crippen molar-refractivity contribution in [2.24, 2.45) is 16.1 Å². The number of benzene rings is 1. The fourth-order valence-electron chi connectivity index (χ4n) is 3.82. The first-order valence-electron chi connectivity index (χ1n) is 8.61. The number of aliphatic imine (C=N–C) groups is 1. The lowest BCUT2D eigenvalue weighted by atomic mass is 9.83. The molecule has 126 valence electrons. The molecule has 1 unspecified atom stereocenters. The van der Waals surface area contributed by atoms with Gasteiger partial charge in [-0.25, -0.2) is 0 Å². The van der Waals surface area contributed by atoms with E-state index in [1.54, 1.807) is 0 Å². The van der Waals surface area contributed by atoms with Crippen molar-refractivity contribution in [2.75, 3.05) is 19.8 Å². The highest BCUT2D eigenvalue weighted by Gasteiger charge is 2.33. The van der Waals surface area contributed by atoms with Crippen LogP contribution >= 0.6 is 0 Å². The number of nitrogens with one attached hydrogen (secondary N) is 1. The van der Waals surface area contributed by atoms with Crippen LogP contribution in [0.4, 0.5) is 0 Å². The lowest BCUT2D eigenvalue weighted by Gasteiger charge is -2.28. The Morgan fingerprint density at radius 1 is 1.35 bits per heavy atom. The molecule has 5 heteroatoms. The van der Waals surface area contributed by atoms with E-state index in [4.69, 9.17) is 10.5 Å². The van der Waals surface area contributed by atoms with Crippen LogP contribution in [0.25, 0.3) is 0 Å². The van der Waals surface area contributed by atoms with Gasteiger partial charge in [-0.2, -0.15) is 0 Å². The number of hydrogen-bond acceptors (Lipinski definition) is 3. The smallest absolute Gasteiger partial charge is 0.189 e. The van der Waals surface area contributed by atoms with Gasteiger partial charge >= 0.3 is 0 Å². The molecule has 1 aliphatic carbocycles. The van der Waals surface area contributed by atoms with Crippen LogP contribution in [-0.4, -0.2) is 30.8 Å². The van der Waals surface area contributed by atoms with Crippen molar-refractivity contribution in [3.8, 4) is 5.75 Å². The number of rotatable bonds is 5. The number of nitrogens with two attached hydrogens (primary N) is 1. The average Bonchev–Trinajstić information content (AvgIpc) is 3.03. The Hall–Kier alpha value is -1.75. The molecule has 1 fully saturated rings. The Labute approximate surface area is 137 Å². The number of nitrogens with zero attached hydrogens (tertiary/aromatic N) is 1. The van der Waals surface area contributed by atoms with Gasteiger partial charge in [0.1, 0.15) is 5.75 Å². The molecule has 0 spiro atoms. The van der Waals surface area contributed by atoms with E-state index in [1.807, 2.05) is 18.2 Å². The molecule has 3 rings (SSSR count). The van der Waals surface area contributed by atoms with Gasteiger partial charge in [0, 0.05) is 25.1 Å². The lowest BCUT2D eigenvalue weighted by molar-refractivity contribution is 0.191. The molecule has 1 aromatic carbocycles. The Morgan fingerprint density at radius 3 is 2.91 bits per heavy atom. The summed E-state index contributed by atoms with van der Waals surface area (Å²) >= 11 is 0. The van der Waals surface area contributed by atoms with Crippen LogP contribution in [-0.2, 0) is 0 Å². The molecule has 1 aliphatic heterocycles. The summed E-state index contributed by atoms with van der Waals surface area (Å²) in [6.07, 6.45) is 6.46. The summed E-state index contributed by atoms with van der Waals surface area (Å²) in [6.45, 7) is 1.63. The average molecular weight is 317 g/mol. The van der Waals surface area contributed by atoms with Crippen LogP contribution in [0, 0.1) is 5.41 Å². The van der Waals surface area contributed by atoms with Gasteiger partial charge in [-0.1, -0.05) is 31.0 Å². The van der Waals surface area contributed by atoms with Crippen LogP contribution in [0.15, 0.2) is 29.3 Å². The Kier molecular flexibility index (Phi) is 5.06. The first-order valence-corrected chi connectivity index (χ1v) is 8.61. The maximum atomic E-state index is 9.32. The van der Waals surface area contributed by atoms with Crippen molar-refractivity contribution >= 4 is 5.96 Å². The molecule has 0 aromatic heterocycles. The van der Waals surface area contributed by atoms with Crippen LogP contribution in [0.2, 0.25) is 0 Å². The number of para-hydroxylation sites is 1. The van der Waals surface area contributed by atoms with E-state index in [-0.39, 0.29) is 18.1 Å². The molecule has 0 radical (unpaired) electrons. The van der Waals surface area contributed by atoms with E-state index in [0.29, 0.717) is 19.1 Å². The zero-order valence-corrected chi connectivity index (χ0v) is 13.6. The first kappa shape index (κ1) is 16.1. The second kappa shape index (κ2) is 7.21. The highest BCUT2D eigenvalue weighted by atomic mass is 16.5. The van der Waals surface area contributed by atoms with Crippen LogP contribution in [0.5, 0.6) is 5.75 Å². The van der Waals surface area contributed by atoms with E-state index < -0.39 is 0 Å². The summed E-state index contributed by atoms with van der Waals surface area (Å²) in [6, 6.07) is 8.22. The highest BCUT2D eigenvalue weighted by Crippen LogP contribution is 2.41. The van der Waals surface area contributed by atoms with E-state index >= 15 is 0 Å². The first-order chi connectivity index (χ1) is 11.2. The standard InChI is InChI=1S/C18H27N3O2/c19-17(20-13-18(10-11-22)8-3-4-9-18)21-15-7-12-23-16-6-2-1-5-14(15)16/h1-2,5-6,15,22H,3-4,7-13H2,(H3,19,20,21). The Bertz CT molecular complexity index is 553. The van der Waals surface area contributed by atoms with Gasteiger partial charge in [0.15, 0.2) is 5.96 Å². The molecule has 1 heterocycles. The summed E-state index contributed by atoms with van der Waals surface area (Å²) in [5.74, 6) is 1.42. The summed E-state index contributed by atoms with van der Waals surface area (Å²) in [7, 11) is 0. The maximum absolute atomic E-state index is 9.32. The fourth-order valence-corrected chi connectivity index (χ4v) is 3.82.